The summed E-state index contributed by atoms with van der Waals surface area (Å²) in [6.45, 7) is 2.85. The van der Waals surface area contributed by atoms with Crippen LogP contribution in [0.15, 0.2) is 29.2 Å². The van der Waals surface area contributed by atoms with Gasteiger partial charge in [0, 0.05) is 18.8 Å². The number of sulfone groups is 1. The molecule has 5 rings (SSSR count). The third-order valence-electron chi connectivity index (χ3n) is 6.52. The Morgan fingerprint density at radius 2 is 1.62 bits per heavy atom. The van der Waals surface area contributed by atoms with Crippen molar-refractivity contribution in [3.05, 3.63) is 29.8 Å². The van der Waals surface area contributed by atoms with Crippen molar-refractivity contribution in [2.24, 2.45) is 17.8 Å². The fourth-order valence-electron chi connectivity index (χ4n) is 5.39. The molecular weight excluding hydrogens is 348 g/mol. The molecule has 6 heteroatoms. The molecule has 5 nitrogen and oxygen atoms in total. The molecule has 2 aliphatic heterocycles. The number of carbonyl (C=O) groups excluding carboxylic acids is 1. The van der Waals surface area contributed by atoms with Crippen LogP contribution in [0.25, 0.3) is 0 Å². The maximum Gasteiger partial charge on any atom is 0.318 e. The minimum absolute atomic E-state index is 0.0305. The van der Waals surface area contributed by atoms with E-state index in [-0.39, 0.29) is 12.1 Å². The van der Waals surface area contributed by atoms with Crippen LogP contribution in [0.5, 0.6) is 0 Å². The standard InChI is InChI=1S/C20H28N2O3S/c1-13(17-3-5-19(6-4-17)26(2,24)25)21-20(23)22-12-16-8-14-7-15(9-16)11-18(22)10-14/h3-6,13-16,18H,7-12H2,1-2H3,(H,21,23). The molecule has 2 saturated heterocycles. The highest BCUT2D eigenvalue weighted by Gasteiger charge is 2.44. The molecule has 142 valence electrons. The lowest BCUT2D eigenvalue weighted by Crippen LogP contribution is -2.47. The van der Waals surface area contributed by atoms with E-state index in [0.717, 1.165) is 36.8 Å². The van der Waals surface area contributed by atoms with E-state index in [4.69, 9.17) is 0 Å². The van der Waals surface area contributed by atoms with Crippen LogP contribution in [-0.4, -0.2) is 38.2 Å². The maximum absolute atomic E-state index is 12.9. The van der Waals surface area contributed by atoms with Gasteiger partial charge in [-0.05, 0) is 74.5 Å². The average Bonchev–Trinajstić information content (AvgIpc) is 2.77. The quantitative estimate of drug-likeness (QED) is 0.879. The first kappa shape index (κ1) is 17.8. The second-order valence-corrected chi connectivity index (χ2v) is 10.6. The molecule has 0 aromatic heterocycles. The lowest BCUT2D eigenvalue weighted by Gasteiger charge is -2.39. The van der Waals surface area contributed by atoms with Gasteiger partial charge >= 0.3 is 6.03 Å². The Hall–Kier alpha value is -1.56. The van der Waals surface area contributed by atoms with Crippen LogP contribution in [-0.2, 0) is 9.84 Å². The number of hydrogen-bond donors (Lipinski definition) is 1. The van der Waals surface area contributed by atoms with Gasteiger partial charge in [0.15, 0.2) is 9.84 Å². The largest absolute Gasteiger partial charge is 0.331 e. The third kappa shape index (κ3) is 3.48. The van der Waals surface area contributed by atoms with E-state index < -0.39 is 9.84 Å². The summed E-state index contributed by atoms with van der Waals surface area (Å²) >= 11 is 0. The van der Waals surface area contributed by atoms with Gasteiger partial charge in [0.2, 0.25) is 0 Å². The first-order valence-electron chi connectivity index (χ1n) is 9.66. The number of fused-ring (bicyclic) bond motifs is 1. The van der Waals surface area contributed by atoms with Crippen molar-refractivity contribution < 1.29 is 13.2 Å². The Bertz CT molecular complexity index is 776. The lowest BCUT2D eigenvalue weighted by atomic mass is 9.68. The Morgan fingerprint density at radius 1 is 1.04 bits per heavy atom. The number of hydrogen-bond acceptors (Lipinski definition) is 3. The summed E-state index contributed by atoms with van der Waals surface area (Å²) in [5.41, 5.74) is 0.923. The van der Waals surface area contributed by atoms with E-state index in [1.54, 1.807) is 24.3 Å². The van der Waals surface area contributed by atoms with Crippen LogP contribution in [0.4, 0.5) is 4.79 Å². The van der Waals surface area contributed by atoms with Crippen molar-refractivity contribution in [3.63, 3.8) is 0 Å². The highest BCUT2D eigenvalue weighted by molar-refractivity contribution is 7.90. The molecule has 2 heterocycles. The Morgan fingerprint density at radius 3 is 2.19 bits per heavy atom. The Labute approximate surface area is 156 Å². The molecule has 1 aromatic carbocycles. The van der Waals surface area contributed by atoms with E-state index >= 15 is 0 Å². The zero-order valence-corrected chi connectivity index (χ0v) is 16.3. The number of nitrogens with one attached hydrogen (secondary N) is 1. The SMILES string of the molecule is CC(NC(=O)N1CC2CC3CC(C2)CC1C3)c1ccc(S(C)(=O)=O)cc1. The maximum atomic E-state index is 12.9. The molecule has 4 fully saturated rings. The predicted octanol–water partition coefficient (Wildman–Crippen LogP) is 3.37. The summed E-state index contributed by atoms with van der Waals surface area (Å²) in [6, 6.07) is 7.08. The highest BCUT2D eigenvalue weighted by atomic mass is 32.2. The van der Waals surface area contributed by atoms with Gasteiger partial charge < -0.3 is 10.2 Å². The van der Waals surface area contributed by atoms with Gasteiger partial charge in [0.05, 0.1) is 10.9 Å². The van der Waals surface area contributed by atoms with Crippen LogP contribution in [0.3, 0.4) is 0 Å². The second-order valence-electron chi connectivity index (χ2n) is 8.60. The van der Waals surface area contributed by atoms with E-state index in [1.165, 1.54) is 25.5 Å². The summed E-state index contributed by atoms with van der Waals surface area (Å²) in [5, 5.41) is 3.13. The third-order valence-corrected chi connectivity index (χ3v) is 7.64. The molecule has 3 unspecified atom stereocenters. The van der Waals surface area contributed by atoms with E-state index in [1.807, 2.05) is 6.92 Å². The molecule has 26 heavy (non-hydrogen) atoms. The molecule has 4 bridgehead atoms. The Kier molecular flexibility index (Phi) is 4.49. The molecular formula is C20H28N2O3S. The number of benzene rings is 1. The van der Waals surface area contributed by atoms with Crippen LogP contribution in [0.1, 0.15) is 50.6 Å². The average molecular weight is 377 g/mol. The summed E-state index contributed by atoms with van der Waals surface area (Å²) in [4.78, 5) is 15.3. The number of amides is 2. The molecule has 2 aliphatic carbocycles. The van der Waals surface area contributed by atoms with Gasteiger partial charge in [-0.15, -0.1) is 0 Å². The summed E-state index contributed by atoms with van der Waals surface area (Å²) in [6.07, 6.45) is 7.48. The van der Waals surface area contributed by atoms with Crippen molar-refractivity contribution in [3.8, 4) is 0 Å². The number of nitrogens with zero attached hydrogens (tertiary/aromatic N) is 1. The first-order chi connectivity index (χ1) is 12.3. The minimum atomic E-state index is -3.20. The fourth-order valence-corrected chi connectivity index (χ4v) is 6.02. The predicted molar refractivity (Wildman–Crippen MR) is 101 cm³/mol. The second kappa shape index (κ2) is 6.55. The molecule has 1 N–H and O–H groups in total. The lowest BCUT2D eigenvalue weighted by molar-refractivity contribution is 0.130. The van der Waals surface area contributed by atoms with Crippen LogP contribution in [0, 0.1) is 17.8 Å². The van der Waals surface area contributed by atoms with Gasteiger partial charge in [-0.25, -0.2) is 13.2 Å². The molecule has 0 radical (unpaired) electrons. The van der Waals surface area contributed by atoms with E-state index in [2.05, 4.69) is 10.2 Å². The van der Waals surface area contributed by atoms with E-state index in [9.17, 15) is 13.2 Å². The van der Waals surface area contributed by atoms with Gasteiger partial charge in [0.25, 0.3) is 0 Å². The molecule has 4 aliphatic rings. The van der Waals surface area contributed by atoms with Crippen molar-refractivity contribution in [2.75, 3.05) is 12.8 Å². The first-order valence-corrected chi connectivity index (χ1v) is 11.6. The van der Waals surface area contributed by atoms with Gasteiger partial charge in [-0.1, -0.05) is 12.1 Å². The van der Waals surface area contributed by atoms with E-state index in [0.29, 0.717) is 16.9 Å². The normalized spacial score (nSPS) is 31.5. The van der Waals surface area contributed by atoms with Crippen LogP contribution in [0.2, 0.25) is 0 Å². The number of urea groups is 1. The van der Waals surface area contributed by atoms with Gasteiger partial charge in [-0.3, -0.25) is 0 Å². The van der Waals surface area contributed by atoms with Crippen molar-refractivity contribution in [1.82, 2.24) is 10.2 Å². The molecule has 2 saturated carbocycles. The summed E-state index contributed by atoms with van der Waals surface area (Å²) in [7, 11) is -3.20. The zero-order chi connectivity index (χ0) is 18.5. The topological polar surface area (TPSA) is 66.5 Å². The fraction of sp³-hybridized carbons (Fsp3) is 0.650. The smallest absolute Gasteiger partial charge is 0.318 e. The van der Waals surface area contributed by atoms with Gasteiger partial charge in [-0.2, -0.15) is 0 Å². The van der Waals surface area contributed by atoms with Crippen molar-refractivity contribution >= 4 is 15.9 Å². The van der Waals surface area contributed by atoms with Gasteiger partial charge in [0.1, 0.15) is 0 Å². The summed E-state index contributed by atoms with van der Waals surface area (Å²) < 4.78 is 23.2. The molecule has 2 amide bonds. The zero-order valence-electron chi connectivity index (χ0n) is 15.5. The monoisotopic (exact) mass is 376 g/mol. The Balaban J connectivity index is 1.44. The number of carbonyl (C=O) groups is 1. The number of rotatable bonds is 3. The van der Waals surface area contributed by atoms with Crippen molar-refractivity contribution in [2.45, 2.75) is 56.0 Å². The molecule has 1 aromatic rings. The minimum Gasteiger partial charge on any atom is -0.331 e. The molecule has 0 spiro atoms. The van der Waals surface area contributed by atoms with Crippen LogP contribution >= 0.6 is 0 Å². The van der Waals surface area contributed by atoms with Crippen LogP contribution < -0.4 is 5.32 Å². The highest BCUT2D eigenvalue weighted by Crippen LogP contribution is 2.47. The van der Waals surface area contributed by atoms with Crippen molar-refractivity contribution in [1.29, 1.82) is 0 Å². The molecule has 3 atom stereocenters. The summed E-state index contributed by atoms with van der Waals surface area (Å²) in [5.74, 6) is 2.30.